The van der Waals surface area contributed by atoms with Crippen LogP contribution in [0.15, 0.2) is 11.8 Å². The first-order valence-corrected chi connectivity index (χ1v) is 5.94. The molecule has 0 bridgehead atoms. The number of carbonyl (C=O) groups is 1. The van der Waals surface area contributed by atoms with Crippen LogP contribution in [-0.4, -0.2) is 57.3 Å². The van der Waals surface area contributed by atoms with Crippen molar-refractivity contribution in [3.8, 4) is 0 Å². The van der Waals surface area contributed by atoms with Gasteiger partial charge in [0, 0.05) is 0 Å². The molecule has 6 nitrogen and oxygen atoms in total. The number of aliphatic hydroxyl groups is 1. The Morgan fingerprint density at radius 1 is 1.11 bits per heavy atom. The highest BCUT2D eigenvalue weighted by Gasteiger charge is 2.03. The van der Waals surface area contributed by atoms with E-state index in [-0.39, 0.29) is 12.6 Å². The van der Waals surface area contributed by atoms with E-state index < -0.39 is 0 Å². The van der Waals surface area contributed by atoms with Gasteiger partial charge in [0.25, 0.3) is 0 Å². The van der Waals surface area contributed by atoms with Crippen molar-refractivity contribution >= 4 is 5.97 Å². The van der Waals surface area contributed by atoms with Crippen molar-refractivity contribution in [2.24, 2.45) is 0 Å². The Morgan fingerprint density at radius 3 is 2.33 bits per heavy atom. The van der Waals surface area contributed by atoms with E-state index in [9.17, 15) is 4.79 Å². The highest BCUT2D eigenvalue weighted by Crippen LogP contribution is 1.97. The molecule has 0 radical (unpaired) electrons. The lowest BCUT2D eigenvalue weighted by Crippen LogP contribution is -2.10. The summed E-state index contributed by atoms with van der Waals surface area (Å²) in [6.07, 6.45) is 1.36. The summed E-state index contributed by atoms with van der Waals surface area (Å²) in [7, 11) is 0. The molecule has 0 aliphatic rings. The van der Waals surface area contributed by atoms with E-state index >= 15 is 0 Å². The fourth-order valence-electron chi connectivity index (χ4n) is 0.971. The summed E-state index contributed by atoms with van der Waals surface area (Å²) in [5, 5.41) is 8.44. The summed E-state index contributed by atoms with van der Waals surface area (Å²) in [4.78, 5) is 11.2. The fourth-order valence-corrected chi connectivity index (χ4v) is 0.971. The first kappa shape index (κ1) is 16.9. The van der Waals surface area contributed by atoms with Crippen molar-refractivity contribution in [2.45, 2.75) is 13.8 Å². The summed E-state index contributed by atoms with van der Waals surface area (Å²) in [6, 6.07) is 0. The molecule has 0 amide bonds. The summed E-state index contributed by atoms with van der Waals surface area (Å²) in [5.41, 5.74) is 0.420. The van der Waals surface area contributed by atoms with Crippen molar-refractivity contribution in [1.29, 1.82) is 0 Å². The maximum Gasteiger partial charge on any atom is 0.336 e. The maximum absolute atomic E-state index is 11.2. The summed E-state index contributed by atoms with van der Waals surface area (Å²) in [5.74, 6) is -0.379. The van der Waals surface area contributed by atoms with Crippen LogP contribution in [0.1, 0.15) is 13.8 Å². The van der Waals surface area contributed by atoms with Crippen molar-refractivity contribution < 1.29 is 28.8 Å². The van der Waals surface area contributed by atoms with Gasteiger partial charge in [0.1, 0.15) is 6.61 Å². The molecular formula is C12H22O6. The van der Waals surface area contributed by atoms with Crippen LogP contribution in [0.25, 0.3) is 0 Å². The highest BCUT2D eigenvalue weighted by atomic mass is 16.5. The van der Waals surface area contributed by atoms with Crippen LogP contribution in [0.4, 0.5) is 0 Å². The third-order valence-corrected chi connectivity index (χ3v) is 1.81. The molecule has 0 heterocycles. The molecular weight excluding hydrogens is 240 g/mol. The molecule has 1 N–H and O–H groups in total. The van der Waals surface area contributed by atoms with Gasteiger partial charge in [-0.1, -0.05) is 0 Å². The van der Waals surface area contributed by atoms with Gasteiger partial charge in [-0.2, -0.15) is 0 Å². The molecule has 0 aromatic rings. The van der Waals surface area contributed by atoms with Crippen molar-refractivity contribution in [1.82, 2.24) is 0 Å². The average molecular weight is 262 g/mol. The normalized spacial score (nSPS) is 11.4. The third-order valence-electron chi connectivity index (χ3n) is 1.81. The molecule has 0 rings (SSSR count). The zero-order valence-electron chi connectivity index (χ0n) is 11.0. The molecule has 0 atom stereocenters. The number of aliphatic hydroxyl groups excluding tert-OH is 1. The maximum atomic E-state index is 11.2. The molecule has 0 aromatic carbocycles. The van der Waals surface area contributed by atoms with Crippen molar-refractivity contribution in [2.75, 3.05) is 46.2 Å². The Balaban J connectivity index is 3.38. The minimum absolute atomic E-state index is 0.0149. The Morgan fingerprint density at radius 2 is 1.72 bits per heavy atom. The molecule has 0 spiro atoms. The molecule has 0 unspecified atom stereocenters. The number of hydrogen-bond acceptors (Lipinski definition) is 6. The minimum atomic E-state index is -0.379. The smallest absolute Gasteiger partial charge is 0.336 e. The van der Waals surface area contributed by atoms with Gasteiger partial charge in [0.2, 0.25) is 0 Å². The number of esters is 1. The Kier molecular flexibility index (Phi) is 11.6. The molecule has 0 aliphatic carbocycles. The number of carbonyl (C=O) groups excluding carboxylic acids is 1. The van der Waals surface area contributed by atoms with E-state index in [1.165, 1.54) is 6.26 Å². The quantitative estimate of drug-likeness (QED) is 0.253. The predicted molar refractivity (Wildman–Crippen MR) is 65.1 cm³/mol. The van der Waals surface area contributed by atoms with Gasteiger partial charge in [0.05, 0.1) is 51.5 Å². The second kappa shape index (κ2) is 12.3. The molecule has 0 saturated carbocycles. The highest BCUT2D eigenvalue weighted by molar-refractivity contribution is 5.87. The first-order valence-electron chi connectivity index (χ1n) is 5.94. The van der Waals surface area contributed by atoms with E-state index in [1.807, 2.05) is 0 Å². The second-order valence-electron chi connectivity index (χ2n) is 3.34. The van der Waals surface area contributed by atoms with Crippen LogP contribution >= 0.6 is 0 Å². The molecule has 0 aliphatic heterocycles. The zero-order chi connectivity index (χ0) is 13.6. The van der Waals surface area contributed by atoms with Gasteiger partial charge >= 0.3 is 5.97 Å². The Hall–Kier alpha value is -1.11. The number of ether oxygens (including phenoxy) is 4. The van der Waals surface area contributed by atoms with E-state index in [4.69, 9.17) is 24.1 Å². The van der Waals surface area contributed by atoms with Crippen LogP contribution in [0.2, 0.25) is 0 Å². The largest absolute Gasteiger partial charge is 0.498 e. The second-order valence-corrected chi connectivity index (χ2v) is 3.34. The number of hydrogen-bond donors (Lipinski definition) is 1. The molecule has 0 saturated heterocycles. The Labute approximate surface area is 107 Å². The lowest BCUT2D eigenvalue weighted by Gasteiger charge is -2.05. The van der Waals surface area contributed by atoms with Crippen LogP contribution in [-0.2, 0) is 23.7 Å². The van der Waals surface area contributed by atoms with E-state index in [1.54, 1.807) is 13.8 Å². The lowest BCUT2D eigenvalue weighted by atomic mass is 10.3. The van der Waals surface area contributed by atoms with E-state index in [0.717, 1.165) is 0 Å². The first-order chi connectivity index (χ1) is 8.72. The molecule has 6 heteroatoms. The fraction of sp³-hybridized carbons (Fsp3) is 0.750. The van der Waals surface area contributed by atoms with Gasteiger partial charge in [0.15, 0.2) is 0 Å². The summed E-state index contributed by atoms with van der Waals surface area (Å²) < 4.78 is 20.1. The topological polar surface area (TPSA) is 74.2 Å². The van der Waals surface area contributed by atoms with Crippen LogP contribution in [0.3, 0.4) is 0 Å². The number of rotatable bonds is 11. The summed E-state index contributed by atoms with van der Waals surface area (Å²) in [6.45, 7) is 5.72. The monoisotopic (exact) mass is 262 g/mol. The molecule has 0 fully saturated rings. The van der Waals surface area contributed by atoms with Crippen molar-refractivity contribution in [3.05, 3.63) is 11.8 Å². The van der Waals surface area contributed by atoms with Crippen LogP contribution in [0, 0.1) is 0 Å². The van der Waals surface area contributed by atoms with Gasteiger partial charge < -0.3 is 24.1 Å². The predicted octanol–water partition coefficient (Wildman–Crippen LogP) is 0.495. The van der Waals surface area contributed by atoms with Crippen molar-refractivity contribution in [3.63, 3.8) is 0 Å². The lowest BCUT2D eigenvalue weighted by molar-refractivity contribution is -0.138. The molecule has 18 heavy (non-hydrogen) atoms. The van der Waals surface area contributed by atoms with Gasteiger partial charge in [-0.15, -0.1) is 0 Å². The van der Waals surface area contributed by atoms with Gasteiger partial charge in [-0.3, -0.25) is 0 Å². The SMILES string of the molecule is CCOC(=O)C(C)=COCCOCCOCCO. The zero-order valence-corrected chi connectivity index (χ0v) is 11.0. The molecule has 0 aromatic heterocycles. The van der Waals surface area contributed by atoms with E-state index in [2.05, 4.69) is 0 Å². The Bertz CT molecular complexity index is 239. The third kappa shape index (κ3) is 10.1. The van der Waals surface area contributed by atoms with Crippen LogP contribution in [0.5, 0.6) is 0 Å². The van der Waals surface area contributed by atoms with E-state index in [0.29, 0.717) is 45.2 Å². The minimum Gasteiger partial charge on any atom is -0.498 e. The van der Waals surface area contributed by atoms with Crippen LogP contribution < -0.4 is 0 Å². The molecule has 106 valence electrons. The van der Waals surface area contributed by atoms with Gasteiger partial charge in [-0.25, -0.2) is 4.79 Å². The summed E-state index contributed by atoms with van der Waals surface area (Å²) >= 11 is 0. The standard InChI is InChI=1S/C12H22O6/c1-3-18-12(14)11(2)10-17-9-8-16-7-6-15-5-4-13/h10,13H,3-9H2,1-2H3. The average Bonchev–Trinajstić information content (AvgIpc) is 2.36. The van der Waals surface area contributed by atoms with Gasteiger partial charge in [-0.05, 0) is 13.8 Å².